The van der Waals surface area contributed by atoms with Crippen molar-refractivity contribution in [3.05, 3.63) is 61.5 Å². The second-order valence-corrected chi connectivity index (χ2v) is 6.85. The van der Waals surface area contributed by atoms with Gasteiger partial charge in [0.2, 0.25) is 0 Å². The van der Waals surface area contributed by atoms with Crippen LogP contribution >= 0.6 is 23.2 Å². The van der Waals surface area contributed by atoms with E-state index >= 15 is 0 Å². The SMILES string of the molecule is CC1CCc2[nH]c(=O)c(C(=O)Nc3cc(Cl)cc(Cl)c3)cc2C1. The first kappa shape index (κ1) is 16.1. The Kier molecular flexibility index (Phi) is 4.46. The minimum Gasteiger partial charge on any atom is -0.325 e. The smallest absolute Gasteiger partial charge is 0.261 e. The van der Waals surface area contributed by atoms with Crippen LogP contribution in [0.15, 0.2) is 29.1 Å². The second-order valence-electron chi connectivity index (χ2n) is 5.98. The van der Waals surface area contributed by atoms with E-state index in [0.29, 0.717) is 21.7 Å². The van der Waals surface area contributed by atoms with Gasteiger partial charge in [-0.3, -0.25) is 9.59 Å². The van der Waals surface area contributed by atoms with Gasteiger partial charge in [0.05, 0.1) is 0 Å². The predicted molar refractivity (Wildman–Crippen MR) is 92.7 cm³/mol. The van der Waals surface area contributed by atoms with Gasteiger partial charge in [0.1, 0.15) is 5.56 Å². The summed E-state index contributed by atoms with van der Waals surface area (Å²) in [6.45, 7) is 2.17. The zero-order valence-electron chi connectivity index (χ0n) is 12.6. The van der Waals surface area contributed by atoms with Crippen LogP contribution in [-0.4, -0.2) is 10.9 Å². The molecule has 1 heterocycles. The minimum atomic E-state index is -0.467. The molecule has 0 radical (unpaired) electrons. The predicted octanol–water partition coefficient (Wildman–Crippen LogP) is 4.06. The van der Waals surface area contributed by atoms with Gasteiger partial charge in [0.15, 0.2) is 0 Å². The molecule has 0 saturated heterocycles. The van der Waals surface area contributed by atoms with Crippen LogP contribution in [0.1, 0.15) is 35.0 Å². The third kappa shape index (κ3) is 3.59. The van der Waals surface area contributed by atoms with Gasteiger partial charge in [-0.05, 0) is 55.0 Å². The van der Waals surface area contributed by atoms with E-state index < -0.39 is 5.91 Å². The monoisotopic (exact) mass is 350 g/mol. The number of carbonyl (C=O) groups excluding carboxylic acids is 1. The number of aryl methyl sites for hydroxylation is 1. The molecule has 1 amide bonds. The summed E-state index contributed by atoms with van der Waals surface area (Å²) in [6, 6.07) is 6.44. The summed E-state index contributed by atoms with van der Waals surface area (Å²) in [5, 5.41) is 3.51. The topological polar surface area (TPSA) is 62.0 Å². The fourth-order valence-corrected chi connectivity index (χ4v) is 3.40. The van der Waals surface area contributed by atoms with Crippen LogP contribution in [0.5, 0.6) is 0 Å². The van der Waals surface area contributed by atoms with E-state index in [-0.39, 0.29) is 11.1 Å². The maximum absolute atomic E-state index is 12.4. The van der Waals surface area contributed by atoms with Crippen molar-refractivity contribution in [1.82, 2.24) is 4.98 Å². The number of aromatic nitrogens is 1. The lowest BCUT2D eigenvalue weighted by molar-refractivity contribution is 0.102. The van der Waals surface area contributed by atoms with Crippen molar-refractivity contribution in [3.8, 4) is 0 Å². The Balaban J connectivity index is 1.90. The first-order chi connectivity index (χ1) is 10.9. The molecular weight excluding hydrogens is 335 g/mol. The molecule has 0 fully saturated rings. The number of nitrogens with one attached hydrogen (secondary N) is 2. The van der Waals surface area contributed by atoms with Crippen LogP contribution in [0.25, 0.3) is 0 Å². The van der Waals surface area contributed by atoms with E-state index in [1.54, 1.807) is 24.3 Å². The summed E-state index contributed by atoms with van der Waals surface area (Å²) in [4.78, 5) is 27.4. The minimum absolute atomic E-state index is 0.106. The number of carbonyl (C=O) groups is 1. The average molecular weight is 351 g/mol. The molecule has 2 aromatic rings. The summed E-state index contributed by atoms with van der Waals surface area (Å²) in [6.07, 6.45) is 2.77. The van der Waals surface area contributed by atoms with E-state index in [9.17, 15) is 9.59 Å². The van der Waals surface area contributed by atoms with Gasteiger partial charge >= 0.3 is 0 Å². The number of hydrogen-bond donors (Lipinski definition) is 2. The molecular formula is C17H16Cl2N2O2. The summed E-state index contributed by atoms with van der Waals surface area (Å²) < 4.78 is 0. The Morgan fingerprint density at radius 2 is 1.91 bits per heavy atom. The molecule has 120 valence electrons. The van der Waals surface area contributed by atoms with E-state index in [1.165, 1.54) is 0 Å². The molecule has 0 saturated carbocycles. The Morgan fingerprint density at radius 3 is 2.61 bits per heavy atom. The normalized spacial score (nSPS) is 16.7. The van der Waals surface area contributed by atoms with Crippen LogP contribution in [0.4, 0.5) is 5.69 Å². The number of rotatable bonds is 2. The van der Waals surface area contributed by atoms with Gasteiger partial charge in [-0.2, -0.15) is 0 Å². The molecule has 1 atom stereocenters. The van der Waals surface area contributed by atoms with Crippen LogP contribution < -0.4 is 10.9 Å². The fourth-order valence-electron chi connectivity index (χ4n) is 2.88. The number of fused-ring (bicyclic) bond motifs is 1. The average Bonchev–Trinajstić information content (AvgIpc) is 2.45. The van der Waals surface area contributed by atoms with Gasteiger partial charge in [0, 0.05) is 21.4 Å². The van der Waals surface area contributed by atoms with Crippen LogP contribution in [-0.2, 0) is 12.8 Å². The third-order valence-corrected chi connectivity index (χ3v) is 4.47. The molecule has 23 heavy (non-hydrogen) atoms. The Hall–Kier alpha value is -1.78. The number of aromatic amines is 1. The Morgan fingerprint density at radius 1 is 1.22 bits per heavy atom. The van der Waals surface area contributed by atoms with E-state index in [4.69, 9.17) is 23.2 Å². The number of halogens is 2. The Labute approximate surface area is 143 Å². The number of benzene rings is 1. The van der Waals surface area contributed by atoms with Crippen molar-refractivity contribution < 1.29 is 4.79 Å². The first-order valence-corrected chi connectivity index (χ1v) is 8.20. The van der Waals surface area contributed by atoms with E-state index in [0.717, 1.165) is 30.5 Å². The van der Waals surface area contributed by atoms with Gasteiger partial charge < -0.3 is 10.3 Å². The summed E-state index contributed by atoms with van der Waals surface area (Å²) in [5.41, 5.74) is 2.17. The molecule has 1 aromatic carbocycles. The van der Waals surface area contributed by atoms with Crippen LogP contribution in [0.3, 0.4) is 0 Å². The van der Waals surface area contributed by atoms with Crippen LogP contribution in [0.2, 0.25) is 10.0 Å². The largest absolute Gasteiger partial charge is 0.325 e. The molecule has 1 aromatic heterocycles. The van der Waals surface area contributed by atoms with Gasteiger partial charge in [-0.15, -0.1) is 0 Å². The van der Waals surface area contributed by atoms with Crippen molar-refractivity contribution in [2.75, 3.05) is 5.32 Å². The van der Waals surface area contributed by atoms with Crippen LogP contribution in [0, 0.1) is 5.92 Å². The second kappa shape index (κ2) is 6.38. The number of hydrogen-bond acceptors (Lipinski definition) is 2. The highest BCUT2D eigenvalue weighted by Crippen LogP contribution is 2.25. The molecule has 2 N–H and O–H groups in total. The molecule has 1 aliphatic rings. The maximum atomic E-state index is 12.4. The highest BCUT2D eigenvalue weighted by Gasteiger charge is 2.20. The van der Waals surface area contributed by atoms with Gasteiger partial charge in [0.25, 0.3) is 11.5 Å². The fraction of sp³-hybridized carbons (Fsp3) is 0.294. The number of amides is 1. The lowest BCUT2D eigenvalue weighted by Crippen LogP contribution is -2.27. The molecule has 0 bridgehead atoms. The third-order valence-electron chi connectivity index (χ3n) is 4.04. The number of anilines is 1. The van der Waals surface area contributed by atoms with Gasteiger partial charge in [-0.1, -0.05) is 30.1 Å². The lowest BCUT2D eigenvalue weighted by atomic mass is 9.87. The van der Waals surface area contributed by atoms with Gasteiger partial charge in [-0.25, -0.2) is 0 Å². The van der Waals surface area contributed by atoms with Crippen molar-refractivity contribution in [2.24, 2.45) is 5.92 Å². The highest BCUT2D eigenvalue weighted by molar-refractivity contribution is 6.35. The van der Waals surface area contributed by atoms with E-state index in [2.05, 4.69) is 17.2 Å². The van der Waals surface area contributed by atoms with Crippen molar-refractivity contribution >= 4 is 34.8 Å². The zero-order chi connectivity index (χ0) is 16.6. The number of H-pyrrole nitrogens is 1. The first-order valence-electron chi connectivity index (χ1n) is 7.45. The lowest BCUT2D eigenvalue weighted by Gasteiger charge is -2.21. The van der Waals surface area contributed by atoms with Crippen molar-refractivity contribution in [1.29, 1.82) is 0 Å². The van der Waals surface area contributed by atoms with Crippen molar-refractivity contribution in [3.63, 3.8) is 0 Å². The molecule has 1 unspecified atom stereocenters. The molecule has 3 rings (SSSR count). The Bertz CT molecular complexity index is 810. The summed E-state index contributed by atoms with van der Waals surface area (Å²) in [5.74, 6) is 0.0849. The van der Waals surface area contributed by atoms with Crippen molar-refractivity contribution in [2.45, 2.75) is 26.2 Å². The maximum Gasteiger partial charge on any atom is 0.261 e. The molecule has 1 aliphatic carbocycles. The molecule has 0 spiro atoms. The molecule has 0 aliphatic heterocycles. The summed E-state index contributed by atoms with van der Waals surface area (Å²) in [7, 11) is 0. The quantitative estimate of drug-likeness (QED) is 0.857. The molecule has 4 nitrogen and oxygen atoms in total. The standard InChI is InChI=1S/C17H16Cl2N2O2/c1-9-2-3-15-10(4-9)5-14(17(23)21-15)16(22)20-13-7-11(18)6-12(19)8-13/h5-9H,2-4H2,1H3,(H,20,22)(H,21,23). The zero-order valence-corrected chi connectivity index (χ0v) is 14.1. The summed E-state index contributed by atoms with van der Waals surface area (Å²) >= 11 is 11.8. The van der Waals surface area contributed by atoms with E-state index in [1.807, 2.05) is 0 Å². The molecule has 6 heteroatoms. The number of pyridine rings is 1. The highest BCUT2D eigenvalue weighted by atomic mass is 35.5.